The average Bonchev–Trinajstić information content (AvgIpc) is 2.98. The molecule has 0 spiro atoms. The van der Waals surface area contributed by atoms with Crippen molar-refractivity contribution in [1.29, 1.82) is 5.26 Å². The summed E-state index contributed by atoms with van der Waals surface area (Å²) in [5, 5.41) is 19.1. The molecular weight excluding hydrogens is 262 g/mol. The van der Waals surface area contributed by atoms with Crippen molar-refractivity contribution >= 4 is 0 Å². The van der Waals surface area contributed by atoms with Crippen LogP contribution in [0, 0.1) is 17.2 Å². The van der Waals surface area contributed by atoms with Crippen LogP contribution in [-0.2, 0) is 6.54 Å². The van der Waals surface area contributed by atoms with Gasteiger partial charge in [-0.3, -0.25) is 9.88 Å². The number of nitriles is 1. The first-order valence-corrected chi connectivity index (χ1v) is 7.94. The number of nitrogens with zero attached hydrogens (tertiary/aromatic N) is 3. The summed E-state index contributed by atoms with van der Waals surface area (Å²) in [5.41, 5.74) is 1.13. The highest BCUT2D eigenvalue weighted by Gasteiger charge is 2.20. The Balaban J connectivity index is 1.84. The molecule has 1 heterocycles. The molecule has 114 valence electrons. The summed E-state index contributed by atoms with van der Waals surface area (Å²) < 4.78 is 0. The topological polar surface area (TPSA) is 60.2 Å². The molecule has 1 N–H and O–H groups in total. The molecule has 0 bridgehead atoms. The van der Waals surface area contributed by atoms with Gasteiger partial charge in [0.1, 0.15) is 0 Å². The van der Waals surface area contributed by atoms with E-state index in [1.54, 1.807) is 6.20 Å². The van der Waals surface area contributed by atoms with Crippen molar-refractivity contribution in [2.45, 2.75) is 51.2 Å². The second kappa shape index (κ2) is 8.76. The first-order valence-electron chi connectivity index (χ1n) is 7.94. The highest BCUT2D eigenvalue weighted by Crippen LogP contribution is 2.28. The van der Waals surface area contributed by atoms with Gasteiger partial charge in [-0.25, -0.2) is 0 Å². The van der Waals surface area contributed by atoms with Crippen molar-refractivity contribution < 1.29 is 5.11 Å². The maximum atomic E-state index is 10.3. The molecule has 1 aliphatic rings. The van der Waals surface area contributed by atoms with Gasteiger partial charge < -0.3 is 5.11 Å². The second-order valence-electron chi connectivity index (χ2n) is 6.04. The molecule has 1 atom stereocenters. The quantitative estimate of drug-likeness (QED) is 0.798. The minimum atomic E-state index is -0.288. The van der Waals surface area contributed by atoms with Crippen molar-refractivity contribution in [3.8, 4) is 6.07 Å². The molecule has 0 aromatic carbocycles. The third-order valence-electron chi connectivity index (χ3n) is 4.22. The lowest BCUT2D eigenvalue weighted by Crippen LogP contribution is -2.33. The van der Waals surface area contributed by atoms with Crippen LogP contribution in [0.15, 0.2) is 24.5 Å². The fourth-order valence-electron chi connectivity index (χ4n) is 3.20. The molecule has 0 aliphatic heterocycles. The number of hydrogen-bond acceptors (Lipinski definition) is 4. The summed E-state index contributed by atoms with van der Waals surface area (Å²) in [5.74, 6) is 0.691. The number of hydrogen-bond donors (Lipinski definition) is 1. The van der Waals surface area contributed by atoms with E-state index in [0.717, 1.165) is 18.5 Å². The average molecular weight is 287 g/mol. The van der Waals surface area contributed by atoms with Crippen molar-refractivity contribution in [1.82, 2.24) is 9.88 Å². The Bertz CT molecular complexity index is 437. The van der Waals surface area contributed by atoms with E-state index in [1.807, 2.05) is 18.3 Å². The van der Waals surface area contributed by atoms with Crippen LogP contribution in [-0.4, -0.2) is 34.2 Å². The number of aliphatic hydroxyl groups excluding tert-OH is 1. The summed E-state index contributed by atoms with van der Waals surface area (Å²) in [4.78, 5) is 6.29. The van der Waals surface area contributed by atoms with E-state index < -0.39 is 0 Å². The third-order valence-corrected chi connectivity index (χ3v) is 4.22. The minimum absolute atomic E-state index is 0.288. The zero-order valence-electron chi connectivity index (χ0n) is 12.6. The van der Waals surface area contributed by atoms with Gasteiger partial charge >= 0.3 is 0 Å². The van der Waals surface area contributed by atoms with Crippen LogP contribution >= 0.6 is 0 Å². The molecule has 1 aromatic heterocycles. The van der Waals surface area contributed by atoms with Crippen molar-refractivity contribution in [2.75, 3.05) is 13.1 Å². The summed E-state index contributed by atoms with van der Waals surface area (Å²) in [6.45, 7) is 2.09. The SMILES string of the molecule is N#CCCN(Cc1cccnc1)CC(O)CC1CCCC1. The van der Waals surface area contributed by atoms with E-state index in [0.29, 0.717) is 25.4 Å². The fraction of sp³-hybridized carbons (Fsp3) is 0.647. The van der Waals surface area contributed by atoms with Crippen molar-refractivity contribution in [3.63, 3.8) is 0 Å². The van der Waals surface area contributed by atoms with Crippen LogP contribution in [0.3, 0.4) is 0 Å². The molecule has 4 heteroatoms. The van der Waals surface area contributed by atoms with Gasteiger partial charge in [-0.2, -0.15) is 5.26 Å². The highest BCUT2D eigenvalue weighted by atomic mass is 16.3. The lowest BCUT2D eigenvalue weighted by atomic mass is 9.99. The molecule has 1 aromatic rings. The third kappa shape index (κ3) is 5.82. The Morgan fingerprint density at radius 2 is 2.24 bits per heavy atom. The van der Waals surface area contributed by atoms with Gasteiger partial charge in [0, 0.05) is 38.4 Å². The predicted octanol–water partition coefficient (Wildman–Crippen LogP) is 2.74. The smallest absolute Gasteiger partial charge is 0.0669 e. The first-order chi connectivity index (χ1) is 10.3. The molecule has 0 saturated heterocycles. The van der Waals surface area contributed by atoms with Crippen molar-refractivity contribution in [2.24, 2.45) is 5.92 Å². The minimum Gasteiger partial charge on any atom is -0.392 e. The summed E-state index contributed by atoms with van der Waals surface area (Å²) in [6, 6.07) is 6.15. The lowest BCUT2D eigenvalue weighted by molar-refractivity contribution is 0.0887. The van der Waals surface area contributed by atoms with E-state index in [-0.39, 0.29) is 6.10 Å². The molecule has 1 fully saturated rings. The largest absolute Gasteiger partial charge is 0.392 e. The lowest BCUT2D eigenvalue weighted by Gasteiger charge is -2.25. The second-order valence-corrected chi connectivity index (χ2v) is 6.04. The number of rotatable bonds is 8. The Hall–Kier alpha value is -1.44. The summed E-state index contributed by atoms with van der Waals surface area (Å²) >= 11 is 0. The highest BCUT2D eigenvalue weighted by molar-refractivity contribution is 5.08. The summed E-state index contributed by atoms with van der Waals surface area (Å²) in [6.07, 6.45) is 9.86. The van der Waals surface area contributed by atoms with E-state index in [1.165, 1.54) is 25.7 Å². The molecular formula is C17H25N3O. The molecule has 21 heavy (non-hydrogen) atoms. The van der Waals surface area contributed by atoms with Gasteiger partial charge in [0.2, 0.25) is 0 Å². The van der Waals surface area contributed by atoms with E-state index in [2.05, 4.69) is 16.0 Å². The van der Waals surface area contributed by atoms with Gasteiger partial charge in [-0.1, -0.05) is 31.7 Å². The summed E-state index contributed by atoms with van der Waals surface area (Å²) in [7, 11) is 0. The molecule has 2 rings (SSSR count). The monoisotopic (exact) mass is 287 g/mol. The normalized spacial score (nSPS) is 17.0. The van der Waals surface area contributed by atoms with Crippen LogP contribution in [0.4, 0.5) is 0 Å². The van der Waals surface area contributed by atoms with Gasteiger partial charge in [0.15, 0.2) is 0 Å². The zero-order chi connectivity index (χ0) is 14.9. The van der Waals surface area contributed by atoms with Crippen LogP contribution in [0.5, 0.6) is 0 Å². The van der Waals surface area contributed by atoms with Crippen LogP contribution < -0.4 is 0 Å². The Morgan fingerprint density at radius 1 is 1.43 bits per heavy atom. The van der Waals surface area contributed by atoms with E-state index in [9.17, 15) is 5.11 Å². The predicted molar refractivity (Wildman–Crippen MR) is 82.3 cm³/mol. The fourth-order valence-corrected chi connectivity index (χ4v) is 3.20. The first kappa shape index (κ1) is 15.9. The number of aliphatic hydroxyl groups is 1. The van der Waals surface area contributed by atoms with E-state index in [4.69, 9.17) is 5.26 Å². The van der Waals surface area contributed by atoms with Crippen LogP contribution in [0.1, 0.15) is 44.1 Å². The Labute approximate surface area is 127 Å². The van der Waals surface area contributed by atoms with Gasteiger partial charge in [-0.15, -0.1) is 0 Å². The number of pyridine rings is 1. The van der Waals surface area contributed by atoms with Gasteiger partial charge in [-0.05, 0) is 24.0 Å². The van der Waals surface area contributed by atoms with Crippen molar-refractivity contribution in [3.05, 3.63) is 30.1 Å². The molecule has 0 amide bonds. The van der Waals surface area contributed by atoms with Crippen LogP contribution in [0.2, 0.25) is 0 Å². The van der Waals surface area contributed by atoms with Crippen LogP contribution in [0.25, 0.3) is 0 Å². The van der Waals surface area contributed by atoms with E-state index >= 15 is 0 Å². The molecule has 0 radical (unpaired) electrons. The van der Waals surface area contributed by atoms with Gasteiger partial charge in [0.05, 0.1) is 12.2 Å². The molecule has 4 nitrogen and oxygen atoms in total. The van der Waals surface area contributed by atoms with Gasteiger partial charge in [0.25, 0.3) is 0 Å². The zero-order valence-corrected chi connectivity index (χ0v) is 12.6. The Morgan fingerprint density at radius 3 is 2.90 bits per heavy atom. The molecule has 1 saturated carbocycles. The Kier molecular flexibility index (Phi) is 6.65. The maximum absolute atomic E-state index is 10.3. The molecule has 1 aliphatic carbocycles. The molecule has 1 unspecified atom stereocenters. The maximum Gasteiger partial charge on any atom is 0.0669 e. The standard InChI is InChI=1S/C17H25N3O/c18-8-4-10-20(13-16-7-3-9-19-12-16)14-17(21)11-15-5-1-2-6-15/h3,7,9,12,15,17,21H,1-2,4-6,10-11,13-14H2. The number of aromatic nitrogens is 1.